The fourth-order valence-electron chi connectivity index (χ4n) is 2.97. The van der Waals surface area contributed by atoms with Gasteiger partial charge in [-0.2, -0.15) is 5.10 Å². The highest BCUT2D eigenvalue weighted by atomic mass is 16.7. The number of hydrogen-bond donors (Lipinski definition) is 0. The summed E-state index contributed by atoms with van der Waals surface area (Å²) in [6, 6.07) is 13.2. The van der Waals surface area contributed by atoms with Crippen molar-refractivity contribution in [2.45, 2.75) is 20.0 Å². The first-order valence-corrected chi connectivity index (χ1v) is 8.68. The van der Waals surface area contributed by atoms with E-state index in [1.165, 1.54) is 0 Å². The number of ether oxygens (including phenoxy) is 2. The van der Waals surface area contributed by atoms with Crippen molar-refractivity contribution in [2.75, 3.05) is 6.79 Å². The highest BCUT2D eigenvalue weighted by Crippen LogP contribution is 2.33. The van der Waals surface area contributed by atoms with Gasteiger partial charge in [0.25, 0.3) is 5.91 Å². The summed E-state index contributed by atoms with van der Waals surface area (Å²) in [5.74, 6) is 1.29. The van der Waals surface area contributed by atoms with Crippen LogP contribution < -0.4 is 9.47 Å². The van der Waals surface area contributed by atoms with Crippen LogP contribution in [0.15, 0.2) is 48.7 Å². The molecule has 7 nitrogen and oxygen atoms in total. The van der Waals surface area contributed by atoms with Gasteiger partial charge in [-0.3, -0.25) is 14.5 Å². The predicted molar refractivity (Wildman–Crippen MR) is 98.3 cm³/mol. The average Bonchev–Trinajstić information content (AvgIpc) is 3.27. The van der Waals surface area contributed by atoms with Crippen molar-refractivity contribution in [3.05, 3.63) is 71.3 Å². The molecule has 0 bridgehead atoms. The summed E-state index contributed by atoms with van der Waals surface area (Å²) in [7, 11) is 1.83. The Labute approximate surface area is 157 Å². The third-order valence-electron chi connectivity index (χ3n) is 4.51. The van der Waals surface area contributed by atoms with Gasteiger partial charge in [0.2, 0.25) is 6.79 Å². The Morgan fingerprint density at radius 3 is 2.74 bits per heavy atom. The van der Waals surface area contributed by atoms with Crippen LogP contribution in [0, 0.1) is 6.92 Å². The molecule has 0 fully saturated rings. The van der Waals surface area contributed by atoms with Crippen LogP contribution >= 0.6 is 0 Å². The van der Waals surface area contributed by atoms with Crippen molar-refractivity contribution in [3.63, 3.8) is 0 Å². The Hall–Kier alpha value is -3.35. The normalized spacial score (nSPS) is 12.2. The molecule has 0 atom stereocenters. The lowest BCUT2D eigenvalue weighted by Gasteiger charge is -2.22. The smallest absolute Gasteiger partial charge is 0.275 e. The monoisotopic (exact) mass is 364 g/mol. The lowest BCUT2D eigenvalue weighted by Crippen LogP contribution is -2.31. The first-order chi connectivity index (χ1) is 13.1. The maximum Gasteiger partial charge on any atom is 0.275 e. The van der Waals surface area contributed by atoms with E-state index in [4.69, 9.17) is 9.47 Å². The minimum atomic E-state index is -0.137. The molecule has 4 rings (SSSR count). The van der Waals surface area contributed by atoms with Crippen LogP contribution in [0.3, 0.4) is 0 Å². The lowest BCUT2D eigenvalue weighted by molar-refractivity contribution is 0.0721. The number of nitrogens with zero attached hydrogens (tertiary/aromatic N) is 4. The zero-order chi connectivity index (χ0) is 18.8. The molecule has 7 heteroatoms. The molecule has 1 aliphatic rings. The van der Waals surface area contributed by atoms with Gasteiger partial charge in [-0.15, -0.1) is 0 Å². The van der Waals surface area contributed by atoms with E-state index in [2.05, 4.69) is 10.1 Å². The number of rotatable bonds is 5. The van der Waals surface area contributed by atoms with Gasteiger partial charge in [-0.1, -0.05) is 12.1 Å². The minimum absolute atomic E-state index is 0.137. The molecule has 1 aromatic carbocycles. The van der Waals surface area contributed by atoms with Crippen LogP contribution in [0.4, 0.5) is 0 Å². The molecule has 1 aliphatic heterocycles. The zero-order valence-electron chi connectivity index (χ0n) is 15.3. The molecular weight excluding hydrogens is 344 g/mol. The van der Waals surface area contributed by atoms with Gasteiger partial charge in [0, 0.05) is 25.5 Å². The minimum Gasteiger partial charge on any atom is -0.454 e. The van der Waals surface area contributed by atoms with E-state index in [9.17, 15) is 4.79 Å². The van der Waals surface area contributed by atoms with Gasteiger partial charge in [0.1, 0.15) is 0 Å². The van der Waals surface area contributed by atoms with Crippen LogP contribution in [-0.4, -0.2) is 32.4 Å². The molecule has 0 aliphatic carbocycles. The molecule has 1 amide bonds. The highest BCUT2D eigenvalue weighted by Gasteiger charge is 2.22. The maximum atomic E-state index is 13.1. The summed E-state index contributed by atoms with van der Waals surface area (Å²) >= 11 is 0. The summed E-state index contributed by atoms with van der Waals surface area (Å²) in [6.45, 7) is 2.96. The van der Waals surface area contributed by atoms with E-state index < -0.39 is 0 Å². The van der Waals surface area contributed by atoms with E-state index in [1.54, 1.807) is 21.8 Å². The number of carbonyl (C=O) groups excluding carboxylic acids is 1. The van der Waals surface area contributed by atoms with Crippen molar-refractivity contribution < 1.29 is 14.3 Å². The largest absolute Gasteiger partial charge is 0.454 e. The van der Waals surface area contributed by atoms with Gasteiger partial charge in [-0.25, -0.2) is 0 Å². The summed E-state index contributed by atoms with van der Waals surface area (Å²) in [5, 5.41) is 4.33. The second-order valence-corrected chi connectivity index (χ2v) is 6.46. The van der Waals surface area contributed by atoms with Gasteiger partial charge in [0.05, 0.1) is 12.2 Å². The maximum absolute atomic E-state index is 13.1. The van der Waals surface area contributed by atoms with E-state index >= 15 is 0 Å². The summed E-state index contributed by atoms with van der Waals surface area (Å²) < 4.78 is 12.5. The number of amides is 1. The van der Waals surface area contributed by atoms with Gasteiger partial charge in [0.15, 0.2) is 17.2 Å². The van der Waals surface area contributed by atoms with E-state index in [0.29, 0.717) is 24.5 Å². The molecule has 0 saturated carbocycles. The molecule has 138 valence electrons. The van der Waals surface area contributed by atoms with Crippen LogP contribution in [0.25, 0.3) is 0 Å². The number of benzene rings is 1. The van der Waals surface area contributed by atoms with Gasteiger partial charge in [-0.05, 0) is 42.8 Å². The van der Waals surface area contributed by atoms with Crippen molar-refractivity contribution in [1.82, 2.24) is 19.7 Å². The molecular formula is C20H20N4O3. The third kappa shape index (κ3) is 3.62. The lowest BCUT2D eigenvalue weighted by atomic mass is 10.1. The summed E-state index contributed by atoms with van der Waals surface area (Å²) in [6.07, 6.45) is 1.73. The zero-order valence-corrected chi connectivity index (χ0v) is 15.3. The molecule has 2 aromatic heterocycles. The number of fused-ring (bicyclic) bond motifs is 1. The SMILES string of the molecule is Cc1cc(C(=O)N(Cc2ccc3c(c2)OCO3)Cc2ccccn2)nn1C. The number of aryl methyl sites for hydroxylation is 2. The number of aromatic nitrogens is 3. The fourth-order valence-corrected chi connectivity index (χ4v) is 2.97. The average molecular weight is 364 g/mol. The molecule has 0 unspecified atom stereocenters. The van der Waals surface area contributed by atoms with E-state index in [-0.39, 0.29) is 12.7 Å². The van der Waals surface area contributed by atoms with Crippen LogP contribution in [0.2, 0.25) is 0 Å². The molecule has 0 spiro atoms. The Bertz CT molecular complexity index is 949. The second kappa shape index (κ2) is 7.11. The standard InChI is InChI=1S/C20H20N4O3/c1-14-9-17(22-23(14)2)20(25)24(12-16-5-3-4-8-21-16)11-15-6-7-18-19(10-15)27-13-26-18/h3-10H,11-13H2,1-2H3. The fraction of sp³-hybridized carbons (Fsp3) is 0.250. The summed E-state index contributed by atoms with van der Waals surface area (Å²) in [5.41, 5.74) is 3.13. The quantitative estimate of drug-likeness (QED) is 0.696. The number of hydrogen-bond acceptors (Lipinski definition) is 5. The highest BCUT2D eigenvalue weighted by molar-refractivity contribution is 5.92. The number of pyridine rings is 1. The Morgan fingerprint density at radius 1 is 1.15 bits per heavy atom. The molecule has 3 aromatic rings. The molecule has 27 heavy (non-hydrogen) atoms. The molecule has 3 heterocycles. The summed E-state index contributed by atoms with van der Waals surface area (Å²) in [4.78, 5) is 19.2. The number of carbonyl (C=O) groups is 1. The second-order valence-electron chi connectivity index (χ2n) is 6.46. The topological polar surface area (TPSA) is 69.5 Å². The predicted octanol–water partition coefficient (Wildman–Crippen LogP) is 2.69. The Kier molecular flexibility index (Phi) is 4.50. The van der Waals surface area contributed by atoms with Crippen molar-refractivity contribution in [1.29, 1.82) is 0 Å². The molecule has 0 saturated heterocycles. The van der Waals surface area contributed by atoms with Gasteiger partial charge < -0.3 is 14.4 Å². The third-order valence-corrected chi connectivity index (χ3v) is 4.51. The molecule has 0 N–H and O–H groups in total. The van der Waals surface area contributed by atoms with Gasteiger partial charge >= 0.3 is 0 Å². The molecule has 0 radical (unpaired) electrons. The Balaban J connectivity index is 1.62. The van der Waals surface area contributed by atoms with Crippen molar-refractivity contribution in [2.24, 2.45) is 7.05 Å². The first-order valence-electron chi connectivity index (χ1n) is 8.68. The first kappa shape index (κ1) is 17.1. The van der Waals surface area contributed by atoms with E-state index in [1.807, 2.05) is 50.4 Å². The Morgan fingerprint density at radius 2 is 2.00 bits per heavy atom. The van der Waals surface area contributed by atoms with Crippen molar-refractivity contribution >= 4 is 5.91 Å². The van der Waals surface area contributed by atoms with Crippen molar-refractivity contribution in [3.8, 4) is 11.5 Å². The van der Waals surface area contributed by atoms with Crippen LogP contribution in [0.1, 0.15) is 27.4 Å². The van der Waals surface area contributed by atoms with Crippen LogP contribution in [-0.2, 0) is 20.1 Å². The van der Waals surface area contributed by atoms with Crippen LogP contribution in [0.5, 0.6) is 11.5 Å². The van der Waals surface area contributed by atoms with E-state index in [0.717, 1.165) is 22.7 Å².